The lowest BCUT2D eigenvalue weighted by atomic mass is 10.3. The zero-order chi connectivity index (χ0) is 13.7. The lowest BCUT2D eigenvalue weighted by Gasteiger charge is -2.07. The van der Waals surface area contributed by atoms with Gasteiger partial charge in [0.15, 0.2) is 0 Å². The van der Waals surface area contributed by atoms with Crippen molar-refractivity contribution in [2.24, 2.45) is 0 Å². The number of ether oxygens (including phenoxy) is 1. The number of halogens is 2. The Morgan fingerprint density at radius 2 is 2.11 bits per heavy atom. The topological polar surface area (TPSA) is 51.2 Å². The van der Waals surface area contributed by atoms with Gasteiger partial charge in [0.25, 0.3) is 0 Å². The fourth-order valence-electron chi connectivity index (χ4n) is 1.36. The van der Waals surface area contributed by atoms with Crippen LogP contribution >= 0.6 is 23.2 Å². The average Bonchev–Trinajstić information content (AvgIpc) is 2.42. The Kier molecular flexibility index (Phi) is 4.60. The summed E-state index contributed by atoms with van der Waals surface area (Å²) >= 11 is 11.6. The maximum absolute atomic E-state index is 11.6. The number of benzene rings is 1. The smallest absolute Gasteiger partial charge is 0.411 e. The van der Waals surface area contributed by atoms with Crippen molar-refractivity contribution >= 4 is 35.0 Å². The molecule has 4 nitrogen and oxygen atoms in total. The summed E-state index contributed by atoms with van der Waals surface area (Å²) in [7, 11) is 0. The molecule has 2 aromatic rings. The molecule has 0 bridgehead atoms. The van der Waals surface area contributed by atoms with Crippen LogP contribution in [0.4, 0.5) is 10.5 Å². The first-order valence-electron chi connectivity index (χ1n) is 5.43. The zero-order valence-corrected chi connectivity index (χ0v) is 11.3. The lowest BCUT2D eigenvalue weighted by molar-refractivity contribution is 0.155. The van der Waals surface area contributed by atoms with Gasteiger partial charge in [-0.15, -0.1) is 0 Å². The summed E-state index contributed by atoms with van der Waals surface area (Å²) in [6.45, 7) is 0.154. The molecule has 98 valence electrons. The first-order chi connectivity index (χ1) is 9.15. The van der Waals surface area contributed by atoms with Crippen LogP contribution in [0.2, 0.25) is 10.0 Å². The minimum atomic E-state index is -0.567. The molecular formula is C13H10Cl2N2O2. The molecule has 1 amide bonds. The Morgan fingerprint density at radius 3 is 2.79 bits per heavy atom. The normalized spacial score (nSPS) is 10.0. The van der Waals surface area contributed by atoms with E-state index < -0.39 is 6.09 Å². The van der Waals surface area contributed by atoms with Crippen LogP contribution in [0.3, 0.4) is 0 Å². The molecule has 6 heteroatoms. The highest BCUT2D eigenvalue weighted by atomic mass is 35.5. The lowest BCUT2D eigenvalue weighted by Crippen LogP contribution is -2.13. The number of rotatable bonds is 3. The van der Waals surface area contributed by atoms with E-state index in [2.05, 4.69) is 10.3 Å². The largest absolute Gasteiger partial charge is 0.444 e. The summed E-state index contributed by atoms with van der Waals surface area (Å²) in [5.74, 6) is 0. The summed E-state index contributed by atoms with van der Waals surface area (Å²) < 4.78 is 5.04. The molecule has 0 unspecified atom stereocenters. The van der Waals surface area contributed by atoms with E-state index >= 15 is 0 Å². The number of pyridine rings is 1. The van der Waals surface area contributed by atoms with E-state index in [0.717, 1.165) is 5.56 Å². The van der Waals surface area contributed by atoms with Crippen molar-refractivity contribution in [1.29, 1.82) is 0 Å². The first kappa shape index (κ1) is 13.6. The third kappa shape index (κ3) is 4.12. The molecular weight excluding hydrogens is 287 g/mol. The second-order valence-corrected chi connectivity index (χ2v) is 4.51. The SMILES string of the molecule is O=C(Nc1ccc(Cl)c(Cl)c1)OCc1cccnc1. The van der Waals surface area contributed by atoms with Gasteiger partial charge >= 0.3 is 6.09 Å². The molecule has 1 N–H and O–H groups in total. The van der Waals surface area contributed by atoms with Gasteiger partial charge < -0.3 is 4.74 Å². The van der Waals surface area contributed by atoms with Gasteiger partial charge in [0, 0.05) is 23.6 Å². The molecule has 1 aromatic heterocycles. The molecule has 0 saturated heterocycles. The number of anilines is 1. The fraction of sp³-hybridized carbons (Fsp3) is 0.0769. The molecule has 0 spiro atoms. The van der Waals surface area contributed by atoms with Crippen molar-refractivity contribution in [2.75, 3.05) is 5.32 Å². The Labute approximate surface area is 120 Å². The predicted molar refractivity (Wildman–Crippen MR) is 74.5 cm³/mol. The van der Waals surface area contributed by atoms with Gasteiger partial charge in [-0.1, -0.05) is 29.3 Å². The van der Waals surface area contributed by atoms with E-state index in [0.29, 0.717) is 15.7 Å². The number of carbonyl (C=O) groups is 1. The third-order valence-electron chi connectivity index (χ3n) is 2.26. The van der Waals surface area contributed by atoms with Crippen molar-refractivity contribution in [3.05, 3.63) is 58.3 Å². The van der Waals surface area contributed by atoms with E-state index in [1.165, 1.54) is 0 Å². The Morgan fingerprint density at radius 1 is 1.26 bits per heavy atom. The summed E-state index contributed by atoms with van der Waals surface area (Å²) in [4.78, 5) is 15.5. The van der Waals surface area contributed by atoms with Gasteiger partial charge in [0.05, 0.1) is 10.0 Å². The molecule has 0 aliphatic heterocycles. The monoisotopic (exact) mass is 296 g/mol. The molecule has 0 atom stereocenters. The van der Waals surface area contributed by atoms with Crippen molar-refractivity contribution in [2.45, 2.75) is 6.61 Å². The van der Waals surface area contributed by atoms with Crippen LogP contribution in [-0.4, -0.2) is 11.1 Å². The van der Waals surface area contributed by atoms with Crippen LogP contribution in [0.5, 0.6) is 0 Å². The molecule has 0 radical (unpaired) electrons. The second kappa shape index (κ2) is 6.41. The van der Waals surface area contributed by atoms with Gasteiger partial charge in [-0.25, -0.2) is 4.79 Å². The first-order valence-corrected chi connectivity index (χ1v) is 6.18. The molecule has 1 aromatic carbocycles. The number of amides is 1. The highest BCUT2D eigenvalue weighted by Crippen LogP contribution is 2.25. The second-order valence-electron chi connectivity index (χ2n) is 3.69. The van der Waals surface area contributed by atoms with E-state index in [9.17, 15) is 4.79 Å². The molecule has 0 aliphatic carbocycles. The van der Waals surface area contributed by atoms with Crippen LogP contribution in [0.25, 0.3) is 0 Å². The van der Waals surface area contributed by atoms with Crippen LogP contribution in [0.1, 0.15) is 5.56 Å². The van der Waals surface area contributed by atoms with E-state index in [-0.39, 0.29) is 6.61 Å². The number of aromatic nitrogens is 1. The number of hydrogen-bond acceptors (Lipinski definition) is 3. The maximum Gasteiger partial charge on any atom is 0.411 e. The summed E-state index contributed by atoms with van der Waals surface area (Å²) in [5.41, 5.74) is 1.33. The quantitative estimate of drug-likeness (QED) is 0.926. The summed E-state index contributed by atoms with van der Waals surface area (Å²) in [6.07, 6.45) is 2.72. The average molecular weight is 297 g/mol. The van der Waals surface area contributed by atoms with Crippen molar-refractivity contribution in [1.82, 2.24) is 4.98 Å². The van der Waals surface area contributed by atoms with Gasteiger partial charge in [0.1, 0.15) is 6.61 Å². The van der Waals surface area contributed by atoms with Gasteiger partial charge in [-0.3, -0.25) is 10.3 Å². The van der Waals surface area contributed by atoms with E-state index in [1.54, 1.807) is 36.7 Å². The predicted octanol–water partition coefficient (Wildman–Crippen LogP) is 4.14. The molecule has 0 saturated carbocycles. The van der Waals surface area contributed by atoms with Crippen molar-refractivity contribution < 1.29 is 9.53 Å². The van der Waals surface area contributed by atoms with Crippen molar-refractivity contribution in [3.8, 4) is 0 Å². The number of hydrogen-bond donors (Lipinski definition) is 1. The molecule has 1 heterocycles. The number of nitrogens with one attached hydrogen (secondary N) is 1. The number of nitrogens with zero attached hydrogens (tertiary/aromatic N) is 1. The molecule has 19 heavy (non-hydrogen) atoms. The van der Waals surface area contributed by atoms with Crippen molar-refractivity contribution in [3.63, 3.8) is 0 Å². The van der Waals surface area contributed by atoms with E-state index in [1.807, 2.05) is 6.07 Å². The fourth-order valence-corrected chi connectivity index (χ4v) is 1.66. The molecule has 0 aliphatic rings. The zero-order valence-electron chi connectivity index (χ0n) is 9.77. The Bertz CT molecular complexity index is 576. The van der Waals surface area contributed by atoms with Crippen LogP contribution in [-0.2, 0) is 11.3 Å². The highest BCUT2D eigenvalue weighted by molar-refractivity contribution is 6.42. The molecule has 0 fully saturated rings. The standard InChI is InChI=1S/C13H10Cl2N2O2/c14-11-4-3-10(6-12(11)15)17-13(18)19-8-9-2-1-5-16-7-9/h1-7H,8H2,(H,17,18). The maximum atomic E-state index is 11.6. The summed E-state index contributed by atoms with van der Waals surface area (Å²) in [6, 6.07) is 8.38. The Balaban J connectivity index is 1.89. The van der Waals surface area contributed by atoms with E-state index in [4.69, 9.17) is 27.9 Å². The van der Waals surface area contributed by atoms with Crippen LogP contribution < -0.4 is 5.32 Å². The Hall–Kier alpha value is -1.78. The molecule has 2 rings (SSSR count). The van der Waals surface area contributed by atoms with Gasteiger partial charge in [0.2, 0.25) is 0 Å². The summed E-state index contributed by atoms with van der Waals surface area (Å²) in [5, 5.41) is 3.35. The number of carbonyl (C=O) groups excluding carboxylic acids is 1. The third-order valence-corrected chi connectivity index (χ3v) is 3.00. The van der Waals surface area contributed by atoms with Gasteiger partial charge in [-0.2, -0.15) is 0 Å². The van der Waals surface area contributed by atoms with Crippen LogP contribution in [0.15, 0.2) is 42.7 Å². The van der Waals surface area contributed by atoms with Crippen LogP contribution in [0, 0.1) is 0 Å². The van der Waals surface area contributed by atoms with Gasteiger partial charge in [-0.05, 0) is 24.3 Å². The minimum Gasteiger partial charge on any atom is -0.444 e. The minimum absolute atomic E-state index is 0.154. The highest BCUT2D eigenvalue weighted by Gasteiger charge is 2.05.